The zero-order valence-electron chi connectivity index (χ0n) is 8.31. The highest BCUT2D eigenvalue weighted by atomic mass is 16.4. The Morgan fingerprint density at radius 2 is 2.20 bits per heavy atom. The highest BCUT2D eigenvalue weighted by Gasteiger charge is 2.07. The zero-order valence-corrected chi connectivity index (χ0v) is 8.31. The third-order valence-electron chi connectivity index (χ3n) is 2.37. The normalized spacial score (nSPS) is 11.9. The summed E-state index contributed by atoms with van der Waals surface area (Å²) in [6, 6.07) is 7.54. The number of nitrogens with zero attached hydrogens (tertiary/aromatic N) is 2. The number of hydrogen-bond donors (Lipinski definition) is 2. The molecule has 76 valence electrons. The van der Waals surface area contributed by atoms with E-state index in [-0.39, 0.29) is 5.84 Å². The summed E-state index contributed by atoms with van der Waals surface area (Å²) in [5.74, 6) is 0.0821. The Morgan fingerprint density at radius 3 is 2.93 bits per heavy atom. The van der Waals surface area contributed by atoms with Crippen molar-refractivity contribution in [3.05, 3.63) is 41.6 Å². The Bertz CT molecular complexity index is 534. The lowest BCUT2D eigenvalue weighted by atomic mass is 10.1. The zero-order chi connectivity index (χ0) is 10.8. The van der Waals surface area contributed by atoms with E-state index >= 15 is 0 Å². The molecule has 1 aromatic carbocycles. The van der Waals surface area contributed by atoms with E-state index in [1.54, 1.807) is 12.3 Å². The van der Waals surface area contributed by atoms with E-state index in [9.17, 15) is 0 Å². The van der Waals surface area contributed by atoms with Crippen molar-refractivity contribution in [2.45, 2.75) is 6.92 Å². The van der Waals surface area contributed by atoms with Crippen molar-refractivity contribution in [3.63, 3.8) is 0 Å². The number of nitrogens with two attached hydrogens (primary N) is 1. The Balaban J connectivity index is 2.83. The number of amidine groups is 1. The molecular weight excluding hydrogens is 190 g/mol. The first-order chi connectivity index (χ1) is 7.24. The van der Waals surface area contributed by atoms with Gasteiger partial charge in [-0.25, -0.2) is 0 Å². The van der Waals surface area contributed by atoms with Crippen LogP contribution in [-0.2, 0) is 0 Å². The van der Waals surface area contributed by atoms with Crippen molar-refractivity contribution in [2.75, 3.05) is 0 Å². The third-order valence-corrected chi connectivity index (χ3v) is 2.37. The van der Waals surface area contributed by atoms with Crippen LogP contribution in [0.4, 0.5) is 0 Å². The second-order valence-corrected chi connectivity index (χ2v) is 3.31. The van der Waals surface area contributed by atoms with Gasteiger partial charge < -0.3 is 10.9 Å². The molecule has 4 heteroatoms. The van der Waals surface area contributed by atoms with E-state index in [1.165, 1.54) is 0 Å². The van der Waals surface area contributed by atoms with Gasteiger partial charge in [0, 0.05) is 17.1 Å². The van der Waals surface area contributed by atoms with Crippen LogP contribution in [-0.4, -0.2) is 16.0 Å². The SMILES string of the molecule is Cc1ccnc2c(/C(N)=N\O)cccc12. The Hall–Kier alpha value is -2.10. The van der Waals surface area contributed by atoms with Crippen LogP contribution in [0.1, 0.15) is 11.1 Å². The number of aryl methyl sites for hydroxylation is 1. The summed E-state index contributed by atoms with van der Waals surface area (Å²) in [7, 11) is 0. The lowest BCUT2D eigenvalue weighted by molar-refractivity contribution is 0.318. The molecular formula is C11H11N3O. The van der Waals surface area contributed by atoms with Crippen molar-refractivity contribution in [3.8, 4) is 0 Å². The number of rotatable bonds is 1. The van der Waals surface area contributed by atoms with Crippen LogP contribution in [0.2, 0.25) is 0 Å². The maximum absolute atomic E-state index is 8.65. The fourth-order valence-electron chi connectivity index (χ4n) is 1.57. The molecule has 0 spiro atoms. The number of fused-ring (bicyclic) bond motifs is 1. The van der Waals surface area contributed by atoms with E-state index in [1.807, 2.05) is 25.1 Å². The maximum atomic E-state index is 8.65. The quantitative estimate of drug-likeness (QED) is 0.319. The van der Waals surface area contributed by atoms with E-state index in [4.69, 9.17) is 10.9 Å². The van der Waals surface area contributed by atoms with Gasteiger partial charge in [0.1, 0.15) is 0 Å². The fraction of sp³-hybridized carbons (Fsp3) is 0.0909. The number of oxime groups is 1. The first-order valence-electron chi connectivity index (χ1n) is 4.56. The average molecular weight is 201 g/mol. The second kappa shape index (κ2) is 3.57. The standard InChI is InChI=1S/C11H11N3O/c1-7-5-6-13-10-8(7)3-2-4-9(10)11(12)14-15/h2-6,15H,1H3,(H2,12,14). The molecule has 0 saturated carbocycles. The van der Waals surface area contributed by atoms with Crippen molar-refractivity contribution in [1.29, 1.82) is 0 Å². The Morgan fingerprint density at radius 1 is 1.40 bits per heavy atom. The Kier molecular flexibility index (Phi) is 2.25. The number of para-hydroxylation sites is 1. The van der Waals surface area contributed by atoms with Gasteiger partial charge in [-0.3, -0.25) is 4.98 Å². The van der Waals surface area contributed by atoms with E-state index < -0.39 is 0 Å². The van der Waals surface area contributed by atoms with E-state index in [2.05, 4.69) is 10.1 Å². The lowest BCUT2D eigenvalue weighted by Gasteiger charge is -2.05. The summed E-state index contributed by atoms with van der Waals surface area (Å²) in [6.45, 7) is 2.00. The van der Waals surface area contributed by atoms with Crippen molar-refractivity contribution in [1.82, 2.24) is 4.98 Å². The van der Waals surface area contributed by atoms with E-state index in [0.717, 1.165) is 16.5 Å². The minimum atomic E-state index is 0.0821. The molecule has 3 N–H and O–H groups in total. The van der Waals surface area contributed by atoms with Crippen LogP contribution in [0, 0.1) is 6.92 Å². The van der Waals surface area contributed by atoms with Gasteiger partial charge in [-0.2, -0.15) is 0 Å². The molecule has 0 fully saturated rings. The van der Waals surface area contributed by atoms with Gasteiger partial charge >= 0.3 is 0 Å². The fourth-order valence-corrected chi connectivity index (χ4v) is 1.57. The highest BCUT2D eigenvalue weighted by molar-refractivity contribution is 6.07. The average Bonchev–Trinajstić information content (AvgIpc) is 2.28. The molecule has 1 aromatic heterocycles. The van der Waals surface area contributed by atoms with Gasteiger partial charge in [0.25, 0.3) is 0 Å². The van der Waals surface area contributed by atoms with Gasteiger partial charge in [0.15, 0.2) is 5.84 Å². The van der Waals surface area contributed by atoms with Crippen LogP contribution < -0.4 is 5.73 Å². The maximum Gasteiger partial charge on any atom is 0.172 e. The van der Waals surface area contributed by atoms with Gasteiger partial charge in [0.05, 0.1) is 5.52 Å². The summed E-state index contributed by atoms with van der Waals surface area (Å²) in [5, 5.41) is 12.7. The van der Waals surface area contributed by atoms with Crippen LogP contribution in [0.15, 0.2) is 35.6 Å². The molecule has 0 aliphatic carbocycles. The second-order valence-electron chi connectivity index (χ2n) is 3.31. The first kappa shape index (κ1) is 9.45. The molecule has 4 nitrogen and oxygen atoms in total. The first-order valence-corrected chi connectivity index (χ1v) is 4.56. The summed E-state index contributed by atoms with van der Waals surface area (Å²) >= 11 is 0. The number of benzene rings is 1. The minimum absolute atomic E-state index is 0.0821. The predicted molar refractivity (Wildman–Crippen MR) is 59.0 cm³/mol. The molecule has 0 saturated heterocycles. The number of pyridine rings is 1. The molecule has 0 unspecified atom stereocenters. The van der Waals surface area contributed by atoms with Gasteiger partial charge in [-0.15, -0.1) is 0 Å². The van der Waals surface area contributed by atoms with E-state index in [0.29, 0.717) is 5.56 Å². The lowest BCUT2D eigenvalue weighted by Crippen LogP contribution is -2.13. The molecule has 0 aliphatic rings. The van der Waals surface area contributed by atoms with Crippen LogP contribution >= 0.6 is 0 Å². The molecule has 0 radical (unpaired) electrons. The molecule has 1 heterocycles. The van der Waals surface area contributed by atoms with Crippen molar-refractivity contribution in [2.24, 2.45) is 10.9 Å². The molecule has 0 atom stereocenters. The molecule has 2 rings (SSSR count). The topological polar surface area (TPSA) is 71.5 Å². The molecule has 2 aromatic rings. The minimum Gasteiger partial charge on any atom is -0.409 e. The molecule has 0 amide bonds. The summed E-state index contributed by atoms with van der Waals surface area (Å²) < 4.78 is 0. The smallest absolute Gasteiger partial charge is 0.172 e. The summed E-state index contributed by atoms with van der Waals surface area (Å²) in [5.41, 5.74) is 8.10. The predicted octanol–water partition coefficient (Wildman–Crippen LogP) is 1.64. The van der Waals surface area contributed by atoms with Crippen molar-refractivity contribution < 1.29 is 5.21 Å². The van der Waals surface area contributed by atoms with Gasteiger partial charge in [0.2, 0.25) is 0 Å². The summed E-state index contributed by atoms with van der Waals surface area (Å²) in [6.07, 6.45) is 1.71. The monoisotopic (exact) mass is 201 g/mol. The largest absolute Gasteiger partial charge is 0.409 e. The van der Waals surface area contributed by atoms with Crippen LogP contribution in [0.3, 0.4) is 0 Å². The molecule has 0 bridgehead atoms. The number of aromatic nitrogens is 1. The summed E-state index contributed by atoms with van der Waals surface area (Å²) in [4.78, 5) is 4.24. The third kappa shape index (κ3) is 1.50. The molecule has 15 heavy (non-hydrogen) atoms. The van der Waals surface area contributed by atoms with Crippen LogP contribution in [0.25, 0.3) is 10.9 Å². The Labute approximate surface area is 87.0 Å². The van der Waals surface area contributed by atoms with Crippen molar-refractivity contribution >= 4 is 16.7 Å². The highest BCUT2D eigenvalue weighted by Crippen LogP contribution is 2.19. The van der Waals surface area contributed by atoms with Gasteiger partial charge in [-0.1, -0.05) is 17.3 Å². The molecule has 0 aliphatic heterocycles. The number of hydrogen-bond acceptors (Lipinski definition) is 3. The van der Waals surface area contributed by atoms with Crippen LogP contribution in [0.5, 0.6) is 0 Å². The van der Waals surface area contributed by atoms with Gasteiger partial charge in [-0.05, 0) is 24.6 Å².